The number of ether oxygens (including phenoxy) is 1. The van der Waals surface area contributed by atoms with Crippen LogP contribution < -0.4 is 10.1 Å². The van der Waals surface area contributed by atoms with Crippen LogP contribution in [0.4, 0.5) is 0 Å². The molecule has 0 spiro atoms. The maximum atomic E-state index is 5.86. The number of benzene rings is 2. The van der Waals surface area contributed by atoms with E-state index in [2.05, 4.69) is 45.5 Å². The molecule has 1 saturated heterocycles. The van der Waals surface area contributed by atoms with Crippen LogP contribution in [0.2, 0.25) is 0 Å². The number of rotatable bonds is 4. The fourth-order valence-corrected chi connectivity index (χ4v) is 3.16. The highest BCUT2D eigenvalue weighted by molar-refractivity contribution is 9.10. The monoisotopic (exact) mass is 345 g/mol. The standard InChI is InChI=1S/C18H20BrNO/c19-16-2-1-3-18(13-16)21-17-6-4-14(5-7-17)12-15-8-10-20-11-9-15/h1-7,13,15,20H,8-12H2. The van der Waals surface area contributed by atoms with Gasteiger partial charge in [-0.05, 0) is 74.2 Å². The predicted molar refractivity (Wildman–Crippen MR) is 90.0 cm³/mol. The van der Waals surface area contributed by atoms with Gasteiger partial charge in [-0.3, -0.25) is 0 Å². The Hall–Kier alpha value is -1.32. The zero-order valence-corrected chi connectivity index (χ0v) is 13.6. The lowest BCUT2D eigenvalue weighted by Crippen LogP contribution is -2.28. The molecule has 0 bridgehead atoms. The second-order valence-electron chi connectivity index (χ2n) is 5.60. The highest BCUT2D eigenvalue weighted by Crippen LogP contribution is 2.25. The van der Waals surface area contributed by atoms with E-state index in [1.54, 1.807) is 0 Å². The quantitative estimate of drug-likeness (QED) is 0.860. The van der Waals surface area contributed by atoms with Crippen molar-refractivity contribution in [2.24, 2.45) is 5.92 Å². The van der Waals surface area contributed by atoms with Crippen LogP contribution in [-0.2, 0) is 6.42 Å². The molecule has 1 fully saturated rings. The molecular weight excluding hydrogens is 326 g/mol. The second-order valence-corrected chi connectivity index (χ2v) is 6.52. The van der Waals surface area contributed by atoms with Crippen molar-refractivity contribution in [1.29, 1.82) is 0 Å². The van der Waals surface area contributed by atoms with E-state index < -0.39 is 0 Å². The van der Waals surface area contributed by atoms with Gasteiger partial charge in [0.05, 0.1) is 0 Å². The number of nitrogens with one attached hydrogen (secondary N) is 1. The lowest BCUT2D eigenvalue weighted by atomic mass is 9.91. The first-order valence-electron chi connectivity index (χ1n) is 7.53. The lowest BCUT2D eigenvalue weighted by molar-refractivity contribution is 0.372. The van der Waals surface area contributed by atoms with Crippen molar-refractivity contribution in [2.75, 3.05) is 13.1 Å². The molecule has 0 amide bonds. The predicted octanol–water partition coefficient (Wildman–Crippen LogP) is 4.78. The van der Waals surface area contributed by atoms with E-state index in [1.807, 2.05) is 24.3 Å². The molecule has 3 heteroatoms. The molecule has 0 radical (unpaired) electrons. The van der Waals surface area contributed by atoms with Crippen molar-refractivity contribution in [3.63, 3.8) is 0 Å². The van der Waals surface area contributed by atoms with Crippen molar-refractivity contribution in [2.45, 2.75) is 19.3 Å². The van der Waals surface area contributed by atoms with Crippen LogP contribution in [0.1, 0.15) is 18.4 Å². The van der Waals surface area contributed by atoms with E-state index in [-0.39, 0.29) is 0 Å². The molecule has 0 aromatic heterocycles. The normalized spacial score (nSPS) is 15.9. The highest BCUT2D eigenvalue weighted by atomic mass is 79.9. The van der Waals surface area contributed by atoms with Gasteiger partial charge in [-0.25, -0.2) is 0 Å². The van der Waals surface area contributed by atoms with Crippen molar-refractivity contribution in [3.05, 3.63) is 58.6 Å². The van der Waals surface area contributed by atoms with Crippen LogP contribution in [0.15, 0.2) is 53.0 Å². The number of hydrogen-bond acceptors (Lipinski definition) is 2. The molecule has 21 heavy (non-hydrogen) atoms. The second kappa shape index (κ2) is 7.10. The average molecular weight is 346 g/mol. The van der Waals surface area contributed by atoms with E-state index in [4.69, 9.17) is 4.74 Å². The Morgan fingerprint density at radius 1 is 1.00 bits per heavy atom. The van der Waals surface area contributed by atoms with Crippen LogP contribution >= 0.6 is 15.9 Å². The first-order chi connectivity index (χ1) is 10.3. The summed E-state index contributed by atoms with van der Waals surface area (Å²) in [7, 11) is 0. The maximum absolute atomic E-state index is 5.86. The molecule has 3 rings (SSSR count). The smallest absolute Gasteiger partial charge is 0.128 e. The van der Waals surface area contributed by atoms with E-state index in [0.29, 0.717) is 0 Å². The molecule has 0 saturated carbocycles. The van der Waals surface area contributed by atoms with Crippen molar-refractivity contribution >= 4 is 15.9 Å². The van der Waals surface area contributed by atoms with Crippen LogP contribution in [0.25, 0.3) is 0 Å². The molecule has 1 N–H and O–H groups in total. The van der Waals surface area contributed by atoms with Crippen molar-refractivity contribution in [3.8, 4) is 11.5 Å². The topological polar surface area (TPSA) is 21.3 Å². The molecule has 1 heterocycles. The van der Waals surface area contributed by atoms with Crippen molar-refractivity contribution < 1.29 is 4.74 Å². The number of halogens is 1. The molecule has 0 atom stereocenters. The summed E-state index contributed by atoms with van der Waals surface area (Å²) < 4.78 is 6.89. The van der Waals surface area contributed by atoms with Gasteiger partial charge in [0.1, 0.15) is 11.5 Å². The van der Waals surface area contributed by atoms with Crippen LogP contribution in [0, 0.1) is 5.92 Å². The van der Waals surface area contributed by atoms with Crippen LogP contribution in [0.3, 0.4) is 0 Å². The third-order valence-corrected chi connectivity index (χ3v) is 4.43. The zero-order chi connectivity index (χ0) is 14.5. The molecular formula is C18H20BrNO. The van der Waals surface area contributed by atoms with E-state index in [9.17, 15) is 0 Å². The van der Waals surface area contributed by atoms with E-state index in [1.165, 1.54) is 24.8 Å². The van der Waals surface area contributed by atoms with Gasteiger partial charge in [-0.1, -0.05) is 34.1 Å². The Bertz CT molecular complexity index is 576. The van der Waals surface area contributed by atoms with Gasteiger partial charge < -0.3 is 10.1 Å². The largest absolute Gasteiger partial charge is 0.457 e. The maximum Gasteiger partial charge on any atom is 0.128 e. The van der Waals surface area contributed by atoms with Gasteiger partial charge in [0.2, 0.25) is 0 Å². The molecule has 0 aliphatic carbocycles. The summed E-state index contributed by atoms with van der Waals surface area (Å²) >= 11 is 3.46. The Morgan fingerprint density at radius 2 is 1.76 bits per heavy atom. The third kappa shape index (κ3) is 4.32. The Morgan fingerprint density at radius 3 is 2.48 bits per heavy atom. The first kappa shape index (κ1) is 14.6. The van der Waals surface area contributed by atoms with E-state index in [0.717, 1.165) is 35.0 Å². The minimum absolute atomic E-state index is 0.822. The summed E-state index contributed by atoms with van der Waals surface area (Å²) in [5.74, 6) is 2.57. The Balaban J connectivity index is 1.61. The third-order valence-electron chi connectivity index (χ3n) is 3.94. The minimum Gasteiger partial charge on any atom is -0.457 e. The average Bonchev–Trinajstić information content (AvgIpc) is 2.50. The molecule has 0 unspecified atom stereocenters. The van der Waals surface area contributed by atoms with Crippen LogP contribution in [0.5, 0.6) is 11.5 Å². The van der Waals surface area contributed by atoms with Gasteiger partial charge in [-0.15, -0.1) is 0 Å². The SMILES string of the molecule is Brc1cccc(Oc2ccc(CC3CCNCC3)cc2)c1. The van der Waals surface area contributed by atoms with Gasteiger partial charge in [0.15, 0.2) is 0 Å². The summed E-state index contributed by atoms with van der Waals surface area (Å²) in [6.07, 6.45) is 3.76. The number of hydrogen-bond donors (Lipinski definition) is 1. The van der Waals surface area contributed by atoms with Gasteiger partial charge >= 0.3 is 0 Å². The number of piperidine rings is 1. The molecule has 2 aromatic carbocycles. The van der Waals surface area contributed by atoms with Crippen LogP contribution in [-0.4, -0.2) is 13.1 Å². The fourth-order valence-electron chi connectivity index (χ4n) is 2.78. The molecule has 1 aliphatic heterocycles. The summed E-state index contributed by atoms with van der Waals surface area (Å²) in [4.78, 5) is 0. The fraction of sp³-hybridized carbons (Fsp3) is 0.333. The molecule has 2 aromatic rings. The summed E-state index contributed by atoms with van der Waals surface area (Å²) in [6.45, 7) is 2.32. The molecule has 1 aliphatic rings. The highest BCUT2D eigenvalue weighted by Gasteiger charge is 2.13. The molecule has 2 nitrogen and oxygen atoms in total. The Kier molecular flexibility index (Phi) is 4.94. The Labute approximate surface area is 134 Å². The summed E-state index contributed by atoms with van der Waals surface area (Å²) in [6, 6.07) is 16.4. The lowest BCUT2D eigenvalue weighted by Gasteiger charge is -2.22. The minimum atomic E-state index is 0.822. The van der Waals surface area contributed by atoms with Gasteiger partial charge in [-0.2, -0.15) is 0 Å². The summed E-state index contributed by atoms with van der Waals surface area (Å²) in [5, 5.41) is 3.42. The van der Waals surface area contributed by atoms with Gasteiger partial charge in [0, 0.05) is 4.47 Å². The molecule has 110 valence electrons. The zero-order valence-electron chi connectivity index (χ0n) is 12.0. The van der Waals surface area contributed by atoms with Crippen molar-refractivity contribution in [1.82, 2.24) is 5.32 Å². The summed E-state index contributed by atoms with van der Waals surface area (Å²) in [5.41, 5.74) is 1.41. The first-order valence-corrected chi connectivity index (χ1v) is 8.32. The van der Waals surface area contributed by atoms with Gasteiger partial charge in [0.25, 0.3) is 0 Å². The van der Waals surface area contributed by atoms with E-state index >= 15 is 0 Å².